The van der Waals surface area contributed by atoms with Crippen LogP contribution >= 0.6 is 0 Å². The molecule has 1 N–H and O–H groups in total. The highest BCUT2D eigenvalue weighted by molar-refractivity contribution is 5.69. The van der Waals surface area contributed by atoms with E-state index in [0.717, 1.165) is 24.0 Å². The summed E-state index contributed by atoms with van der Waals surface area (Å²) in [5.74, 6) is 0.616. The van der Waals surface area contributed by atoms with Crippen molar-refractivity contribution in [1.29, 1.82) is 0 Å². The Morgan fingerprint density at radius 3 is 2.29 bits per heavy atom. The molecular weight excluding hydrogens is 530 g/mol. The summed E-state index contributed by atoms with van der Waals surface area (Å²) in [6, 6.07) is 20.3. The minimum atomic E-state index is -0.935. The van der Waals surface area contributed by atoms with Crippen LogP contribution in [-0.2, 0) is 32.2 Å². The van der Waals surface area contributed by atoms with Gasteiger partial charge in [-0.15, -0.1) is 0 Å². The fourth-order valence-electron chi connectivity index (χ4n) is 6.37. The van der Waals surface area contributed by atoms with Crippen molar-refractivity contribution in [3.8, 4) is 0 Å². The lowest BCUT2D eigenvalue weighted by Gasteiger charge is -2.50. The maximum Gasteiger partial charge on any atom is 0.412 e. The monoisotopic (exact) mass is 581 g/mol. The van der Waals surface area contributed by atoms with Gasteiger partial charge in [0.05, 0.1) is 25.4 Å². The summed E-state index contributed by atoms with van der Waals surface area (Å²) in [6.45, 7) is 14.3. The third-order valence-corrected chi connectivity index (χ3v) is 8.49. The van der Waals surface area contributed by atoms with Crippen LogP contribution in [0.1, 0.15) is 78.4 Å². The van der Waals surface area contributed by atoms with Gasteiger partial charge in [0.15, 0.2) is 5.72 Å². The molecule has 2 aromatic carbocycles. The lowest BCUT2D eigenvalue weighted by atomic mass is 9.80. The van der Waals surface area contributed by atoms with E-state index in [2.05, 4.69) is 32.9 Å². The van der Waals surface area contributed by atoms with Crippen molar-refractivity contribution in [1.82, 2.24) is 4.90 Å². The van der Waals surface area contributed by atoms with Crippen molar-refractivity contribution in [2.24, 2.45) is 17.8 Å². The third kappa shape index (κ3) is 8.56. The van der Waals surface area contributed by atoms with Gasteiger partial charge in [0.2, 0.25) is 0 Å². The zero-order valence-corrected chi connectivity index (χ0v) is 26.3. The van der Waals surface area contributed by atoms with Crippen LogP contribution in [0.5, 0.6) is 0 Å². The minimum absolute atomic E-state index is 0.0343. The fourth-order valence-corrected chi connectivity index (χ4v) is 6.37. The topological polar surface area (TPSA) is 77.5 Å². The van der Waals surface area contributed by atoms with Crippen LogP contribution in [0.2, 0.25) is 0 Å². The average molecular weight is 582 g/mol. The second-order valence-electron chi connectivity index (χ2n) is 13.5. The highest BCUT2D eigenvalue weighted by atomic mass is 16.6. The molecule has 2 aliphatic heterocycles. The molecule has 0 aliphatic carbocycles. The number of benzene rings is 2. The first-order valence-corrected chi connectivity index (χ1v) is 15.6. The second-order valence-corrected chi connectivity index (χ2v) is 13.5. The van der Waals surface area contributed by atoms with E-state index < -0.39 is 23.5 Å². The van der Waals surface area contributed by atoms with Crippen molar-refractivity contribution >= 4 is 6.09 Å². The van der Waals surface area contributed by atoms with E-state index in [1.165, 1.54) is 0 Å². The second kappa shape index (κ2) is 14.3. The SMILES string of the molecule is C[C@@H](CCOCc1ccccc1)C[C@H](OCc1ccccc1)[C@@H]1O[C@]2(C[C@@H]1O)[C@H](C)C[C@H](C)CN2C(=O)OC(C)(C)C. The number of likely N-dealkylation sites (tertiary alicyclic amines) is 1. The Hall–Kier alpha value is -2.45. The number of amides is 1. The number of aliphatic hydroxyl groups excluding tert-OH is 1. The molecule has 0 unspecified atom stereocenters. The molecule has 2 heterocycles. The Morgan fingerprint density at radius 1 is 1.05 bits per heavy atom. The van der Waals surface area contributed by atoms with Crippen molar-refractivity contribution in [3.63, 3.8) is 0 Å². The van der Waals surface area contributed by atoms with Gasteiger partial charge in [-0.1, -0.05) is 81.4 Å². The molecule has 0 radical (unpaired) electrons. The predicted molar refractivity (Wildman–Crippen MR) is 164 cm³/mol. The molecule has 1 spiro atoms. The van der Waals surface area contributed by atoms with E-state index >= 15 is 0 Å². The molecule has 1 amide bonds. The first-order chi connectivity index (χ1) is 20.0. The summed E-state index contributed by atoms with van der Waals surface area (Å²) in [4.78, 5) is 15.2. The number of nitrogens with zero attached hydrogens (tertiary/aromatic N) is 1. The van der Waals surface area contributed by atoms with Crippen LogP contribution in [0, 0.1) is 17.8 Å². The number of hydrogen-bond acceptors (Lipinski definition) is 6. The van der Waals surface area contributed by atoms with Gasteiger partial charge in [-0.25, -0.2) is 4.79 Å². The summed E-state index contributed by atoms with van der Waals surface area (Å²) in [5, 5.41) is 11.5. The molecule has 42 heavy (non-hydrogen) atoms. The van der Waals surface area contributed by atoms with Crippen LogP contribution in [0.15, 0.2) is 60.7 Å². The van der Waals surface area contributed by atoms with Gasteiger partial charge in [0.25, 0.3) is 0 Å². The average Bonchev–Trinajstić information content (AvgIpc) is 3.29. The third-order valence-electron chi connectivity index (χ3n) is 8.49. The molecule has 232 valence electrons. The van der Waals surface area contributed by atoms with Gasteiger partial charge >= 0.3 is 6.09 Å². The summed E-state index contributed by atoms with van der Waals surface area (Å²) in [6.07, 6.45) is 0.736. The maximum atomic E-state index is 13.5. The molecule has 0 saturated carbocycles. The Bertz CT molecular complexity index is 1110. The number of rotatable bonds is 11. The molecule has 7 nitrogen and oxygen atoms in total. The number of ether oxygens (including phenoxy) is 4. The summed E-state index contributed by atoms with van der Waals surface area (Å²) in [7, 11) is 0. The number of carbonyl (C=O) groups excluding carboxylic acids is 1. The van der Waals surface area contributed by atoms with Crippen LogP contribution < -0.4 is 0 Å². The molecule has 2 saturated heterocycles. The number of hydrogen-bond donors (Lipinski definition) is 1. The number of piperidine rings is 1. The Kier molecular flexibility index (Phi) is 11.1. The normalized spacial score (nSPS) is 27.6. The number of aliphatic hydroxyl groups is 1. The van der Waals surface area contributed by atoms with Crippen molar-refractivity contribution in [2.75, 3.05) is 13.2 Å². The zero-order valence-electron chi connectivity index (χ0n) is 26.3. The van der Waals surface area contributed by atoms with Crippen molar-refractivity contribution < 1.29 is 28.8 Å². The molecule has 2 aromatic rings. The quantitative estimate of drug-likeness (QED) is 0.289. The van der Waals surface area contributed by atoms with Crippen LogP contribution in [-0.4, -0.2) is 58.9 Å². The Morgan fingerprint density at radius 2 is 1.67 bits per heavy atom. The van der Waals surface area contributed by atoms with E-state index in [1.807, 2.05) is 69.3 Å². The van der Waals surface area contributed by atoms with Crippen molar-refractivity contribution in [3.05, 3.63) is 71.8 Å². The Labute approximate surface area is 252 Å². The molecular formula is C35H51NO6. The molecule has 2 aliphatic rings. The number of carbonyl (C=O) groups is 1. The van der Waals surface area contributed by atoms with Crippen LogP contribution in [0.4, 0.5) is 4.79 Å². The largest absolute Gasteiger partial charge is 0.444 e. The minimum Gasteiger partial charge on any atom is -0.444 e. The van der Waals surface area contributed by atoms with Gasteiger partial charge in [-0.05, 0) is 63.0 Å². The molecule has 4 rings (SSSR count). The van der Waals surface area contributed by atoms with Gasteiger partial charge in [0, 0.05) is 25.5 Å². The van der Waals surface area contributed by atoms with Crippen LogP contribution in [0.3, 0.4) is 0 Å². The molecule has 7 heteroatoms. The van der Waals surface area contributed by atoms with Gasteiger partial charge in [-0.2, -0.15) is 0 Å². The lowest BCUT2D eigenvalue weighted by Crippen LogP contribution is -2.61. The van der Waals surface area contributed by atoms with Crippen molar-refractivity contribution in [2.45, 2.75) is 110 Å². The van der Waals surface area contributed by atoms with E-state index in [-0.39, 0.29) is 24.0 Å². The smallest absolute Gasteiger partial charge is 0.412 e. The molecule has 2 fully saturated rings. The fraction of sp³-hybridized carbons (Fsp3) is 0.629. The predicted octanol–water partition coefficient (Wildman–Crippen LogP) is 6.96. The standard InChI is InChI=1S/C35H51NO6/c1-25(17-18-39-23-28-13-9-7-10-14-28)20-31(40-24-29-15-11-8-12-16-29)32-30(37)21-35(41-32)27(3)19-26(2)22-36(35)33(38)42-34(4,5)6/h7-16,25-27,30-32,37H,17-24H2,1-6H3/t25-,26-,27+,30-,31-,32+,35+/m0/s1. The van der Waals surface area contributed by atoms with Crippen LogP contribution in [0.25, 0.3) is 0 Å². The molecule has 0 aromatic heterocycles. The highest BCUT2D eigenvalue weighted by Gasteiger charge is 2.59. The summed E-state index contributed by atoms with van der Waals surface area (Å²) in [5.41, 5.74) is 0.666. The highest BCUT2D eigenvalue weighted by Crippen LogP contribution is 2.47. The first kappa shape index (κ1) is 32.5. The Balaban J connectivity index is 1.48. The van der Waals surface area contributed by atoms with Gasteiger partial charge in [0.1, 0.15) is 11.7 Å². The summed E-state index contributed by atoms with van der Waals surface area (Å²) >= 11 is 0. The van der Waals surface area contributed by atoms with E-state index in [1.54, 1.807) is 4.90 Å². The zero-order chi connectivity index (χ0) is 30.3. The summed E-state index contributed by atoms with van der Waals surface area (Å²) < 4.78 is 25.2. The molecule has 7 atom stereocenters. The van der Waals surface area contributed by atoms with E-state index in [4.69, 9.17) is 18.9 Å². The van der Waals surface area contributed by atoms with Gasteiger partial charge in [-0.3, -0.25) is 4.90 Å². The first-order valence-electron chi connectivity index (χ1n) is 15.6. The van der Waals surface area contributed by atoms with Gasteiger partial charge < -0.3 is 24.1 Å². The maximum absolute atomic E-state index is 13.5. The van der Waals surface area contributed by atoms with E-state index in [0.29, 0.717) is 45.1 Å². The molecule has 0 bridgehead atoms. The van der Waals surface area contributed by atoms with E-state index in [9.17, 15) is 9.90 Å². The lowest BCUT2D eigenvalue weighted by molar-refractivity contribution is -0.215.